The fourth-order valence-electron chi connectivity index (χ4n) is 0.982. The zero-order chi connectivity index (χ0) is 12.6. The van der Waals surface area contributed by atoms with E-state index in [1.807, 2.05) is 0 Å². The lowest BCUT2D eigenvalue weighted by molar-refractivity contribution is -0.208. The second-order valence-electron chi connectivity index (χ2n) is 2.94. The van der Waals surface area contributed by atoms with Gasteiger partial charge in [0.25, 0.3) is 0 Å². The minimum Gasteiger partial charge on any atom is -0.480 e. The molecule has 0 aromatic heterocycles. The maximum Gasteiger partial charge on any atom is 0.317 e. The first-order chi connectivity index (χ1) is 7.45. The first-order valence-electron chi connectivity index (χ1n) is 4.36. The molecule has 0 aromatic rings. The monoisotopic (exact) mass is 234 g/mol. The summed E-state index contributed by atoms with van der Waals surface area (Å²) >= 11 is 0. The molecule has 0 aliphatic carbocycles. The summed E-state index contributed by atoms with van der Waals surface area (Å²) in [4.78, 5) is 25.8. The van der Waals surface area contributed by atoms with Crippen LogP contribution in [0.1, 0.15) is 0 Å². The lowest BCUT2D eigenvalue weighted by atomic mass is 10.4. The number of carboxylic acids is 2. The van der Waals surface area contributed by atoms with Gasteiger partial charge in [-0.25, -0.2) is 5.26 Å². The molecule has 8 heteroatoms. The number of nitrogens with zero attached hydrogens (tertiary/aromatic N) is 1. The fraction of sp³-hybridized carbons (Fsp3) is 0.500. The number of carboxylic acid groups (broad SMARTS) is 2. The average molecular weight is 234 g/mol. The number of carbonyl (C=O) groups is 2. The molecule has 0 saturated carbocycles. The van der Waals surface area contributed by atoms with Crippen molar-refractivity contribution >= 4 is 11.9 Å². The highest BCUT2D eigenvalue weighted by atomic mass is 17.1. The molecule has 0 bridgehead atoms. The Bertz CT molecular complexity index is 251. The summed E-state index contributed by atoms with van der Waals surface area (Å²) in [6.07, 6.45) is 0. The Morgan fingerprint density at radius 2 is 1.75 bits per heavy atom. The standard InChI is InChI=1S/C8H14N2O6/c1-6(16-15)9-2-3-10(4-7(11)12)5-8(13)14/h9,15H,1-5H2,(H,11,12)(H,13,14). The quantitative estimate of drug-likeness (QED) is 0.228. The van der Waals surface area contributed by atoms with E-state index >= 15 is 0 Å². The predicted octanol–water partition coefficient (Wildman–Crippen LogP) is -0.992. The first kappa shape index (κ1) is 14.2. The van der Waals surface area contributed by atoms with Crippen molar-refractivity contribution in [2.45, 2.75) is 0 Å². The summed E-state index contributed by atoms with van der Waals surface area (Å²) in [7, 11) is 0. The lowest BCUT2D eigenvalue weighted by Gasteiger charge is -2.18. The van der Waals surface area contributed by atoms with Crippen molar-refractivity contribution in [2.75, 3.05) is 26.2 Å². The van der Waals surface area contributed by atoms with Gasteiger partial charge in [0.1, 0.15) is 0 Å². The molecular weight excluding hydrogens is 220 g/mol. The van der Waals surface area contributed by atoms with Crippen LogP contribution in [0.3, 0.4) is 0 Å². The molecule has 0 aromatic carbocycles. The van der Waals surface area contributed by atoms with Gasteiger partial charge >= 0.3 is 11.9 Å². The maximum atomic E-state index is 10.4. The second kappa shape index (κ2) is 7.49. The zero-order valence-electron chi connectivity index (χ0n) is 8.55. The van der Waals surface area contributed by atoms with Crippen LogP contribution in [0.15, 0.2) is 12.5 Å². The van der Waals surface area contributed by atoms with Gasteiger partial charge in [0.05, 0.1) is 13.1 Å². The van der Waals surface area contributed by atoms with Crippen molar-refractivity contribution in [1.29, 1.82) is 0 Å². The third-order valence-electron chi connectivity index (χ3n) is 1.58. The molecule has 92 valence electrons. The summed E-state index contributed by atoms with van der Waals surface area (Å²) in [5, 5.41) is 27.7. The Kier molecular flexibility index (Phi) is 6.64. The molecular formula is C8H14N2O6. The van der Waals surface area contributed by atoms with E-state index < -0.39 is 11.9 Å². The molecule has 0 atom stereocenters. The van der Waals surface area contributed by atoms with Crippen molar-refractivity contribution in [3.8, 4) is 0 Å². The van der Waals surface area contributed by atoms with Gasteiger partial charge in [-0.05, 0) is 6.58 Å². The van der Waals surface area contributed by atoms with Gasteiger partial charge in [-0.2, -0.15) is 0 Å². The normalized spacial score (nSPS) is 9.88. The number of hydrogen-bond acceptors (Lipinski definition) is 6. The Morgan fingerprint density at radius 3 is 2.12 bits per heavy atom. The summed E-state index contributed by atoms with van der Waals surface area (Å²) in [5.74, 6) is -2.32. The zero-order valence-corrected chi connectivity index (χ0v) is 8.55. The third kappa shape index (κ3) is 7.59. The van der Waals surface area contributed by atoms with Gasteiger partial charge in [-0.3, -0.25) is 14.5 Å². The van der Waals surface area contributed by atoms with Crippen LogP contribution in [0.5, 0.6) is 0 Å². The first-order valence-corrected chi connectivity index (χ1v) is 4.36. The third-order valence-corrected chi connectivity index (χ3v) is 1.58. The molecule has 0 aliphatic rings. The molecule has 4 N–H and O–H groups in total. The SMILES string of the molecule is C=C(NCCN(CC(=O)O)CC(=O)O)OO. The topological polar surface area (TPSA) is 119 Å². The second-order valence-corrected chi connectivity index (χ2v) is 2.94. The van der Waals surface area contributed by atoms with Crippen LogP contribution in [0, 0.1) is 0 Å². The van der Waals surface area contributed by atoms with E-state index in [-0.39, 0.29) is 32.1 Å². The molecule has 0 unspecified atom stereocenters. The van der Waals surface area contributed by atoms with Crippen LogP contribution in [-0.4, -0.2) is 58.5 Å². The molecule has 0 heterocycles. The van der Waals surface area contributed by atoms with Gasteiger partial charge in [0, 0.05) is 13.1 Å². The number of nitrogens with one attached hydrogen (secondary N) is 1. The van der Waals surface area contributed by atoms with E-state index in [1.165, 1.54) is 4.90 Å². The molecule has 0 rings (SSSR count). The molecule has 0 spiro atoms. The average Bonchev–Trinajstić information content (AvgIpc) is 2.15. The molecule has 16 heavy (non-hydrogen) atoms. The predicted molar refractivity (Wildman–Crippen MR) is 52.6 cm³/mol. The summed E-state index contributed by atoms with van der Waals surface area (Å²) in [5.41, 5.74) is 0. The smallest absolute Gasteiger partial charge is 0.317 e. The van der Waals surface area contributed by atoms with E-state index in [0.29, 0.717) is 0 Å². The van der Waals surface area contributed by atoms with Crippen LogP contribution in [0.4, 0.5) is 0 Å². The minimum absolute atomic E-state index is 0.0920. The largest absolute Gasteiger partial charge is 0.480 e. The molecule has 0 fully saturated rings. The highest BCUT2D eigenvalue weighted by molar-refractivity contribution is 5.72. The van der Waals surface area contributed by atoms with E-state index in [9.17, 15) is 9.59 Å². The fourth-order valence-corrected chi connectivity index (χ4v) is 0.982. The number of rotatable bonds is 9. The summed E-state index contributed by atoms with van der Waals surface area (Å²) in [6, 6.07) is 0. The number of aliphatic carboxylic acids is 2. The van der Waals surface area contributed by atoms with Crippen molar-refractivity contribution in [3.63, 3.8) is 0 Å². The summed E-state index contributed by atoms with van der Waals surface area (Å²) in [6.45, 7) is 2.88. The Morgan fingerprint density at radius 1 is 1.25 bits per heavy atom. The van der Waals surface area contributed by atoms with E-state index in [4.69, 9.17) is 15.5 Å². The molecule has 0 radical (unpaired) electrons. The Hall–Kier alpha value is -1.80. The van der Waals surface area contributed by atoms with Crippen molar-refractivity contribution in [2.24, 2.45) is 0 Å². The van der Waals surface area contributed by atoms with Gasteiger partial charge < -0.3 is 20.4 Å². The van der Waals surface area contributed by atoms with Crippen LogP contribution in [0.25, 0.3) is 0 Å². The van der Waals surface area contributed by atoms with Gasteiger partial charge in [0.2, 0.25) is 5.88 Å². The van der Waals surface area contributed by atoms with E-state index in [0.717, 1.165) is 0 Å². The van der Waals surface area contributed by atoms with Crippen LogP contribution >= 0.6 is 0 Å². The highest BCUT2D eigenvalue weighted by Crippen LogP contribution is 1.89. The van der Waals surface area contributed by atoms with Crippen LogP contribution in [0.2, 0.25) is 0 Å². The summed E-state index contributed by atoms with van der Waals surface area (Å²) < 4.78 is 0. The minimum atomic E-state index is -1.11. The maximum absolute atomic E-state index is 10.4. The van der Waals surface area contributed by atoms with Gasteiger partial charge in [-0.1, -0.05) is 0 Å². The van der Waals surface area contributed by atoms with Crippen molar-refractivity contribution < 1.29 is 29.9 Å². The van der Waals surface area contributed by atoms with Crippen molar-refractivity contribution in [3.05, 3.63) is 12.5 Å². The lowest BCUT2D eigenvalue weighted by Crippen LogP contribution is -2.39. The Balaban J connectivity index is 3.96. The molecule has 0 amide bonds. The molecule has 8 nitrogen and oxygen atoms in total. The highest BCUT2D eigenvalue weighted by Gasteiger charge is 2.12. The van der Waals surface area contributed by atoms with E-state index in [1.54, 1.807) is 0 Å². The number of hydrogen-bond donors (Lipinski definition) is 4. The van der Waals surface area contributed by atoms with E-state index in [2.05, 4.69) is 16.8 Å². The van der Waals surface area contributed by atoms with Gasteiger partial charge in [-0.15, -0.1) is 0 Å². The Labute approximate surface area is 91.7 Å². The molecule has 0 aliphatic heterocycles. The van der Waals surface area contributed by atoms with Gasteiger partial charge in [0.15, 0.2) is 0 Å². The molecule has 0 saturated heterocycles. The van der Waals surface area contributed by atoms with Crippen LogP contribution < -0.4 is 5.32 Å². The van der Waals surface area contributed by atoms with Crippen molar-refractivity contribution in [1.82, 2.24) is 10.2 Å². The van der Waals surface area contributed by atoms with Crippen LogP contribution in [-0.2, 0) is 14.5 Å².